The van der Waals surface area contributed by atoms with E-state index in [1.165, 1.54) is 0 Å². The minimum Gasteiger partial charge on any atom is -0.381 e. The van der Waals surface area contributed by atoms with Gasteiger partial charge in [0.1, 0.15) is 0 Å². The topological polar surface area (TPSA) is 21.3 Å². The summed E-state index contributed by atoms with van der Waals surface area (Å²) in [6.45, 7) is 6.35. The van der Waals surface area contributed by atoms with Crippen LogP contribution in [-0.2, 0) is 4.74 Å². The molecule has 0 aromatic carbocycles. The summed E-state index contributed by atoms with van der Waals surface area (Å²) in [6, 6.07) is 0. The van der Waals surface area contributed by atoms with Gasteiger partial charge in [-0.25, -0.2) is 0 Å². The highest BCUT2D eigenvalue weighted by molar-refractivity contribution is 4.40. The van der Waals surface area contributed by atoms with Gasteiger partial charge < -0.3 is 10.1 Å². The molecule has 2 heteroatoms. The van der Waals surface area contributed by atoms with Crippen LogP contribution < -0.4 is 5.32 Å². The van der Waals surface area contributed by atoms with Crippen molar-refractivity contribution in [3.05, 3.63) is 6.92 Å². The summed E-state index contributed by atoms with van der Waals surface area (Å²) in [5, 5.41) is 3.05. The summed E-state index contributed by atoms with van der Waals surface area (Å²) in [5.74, 6) is 0. The van der Waals surface area contributed by atoms with E-state index in [2.05, 4.69) is 12.2 Å². The van der Waals surface area contributed by atoms with Gasteiger partial charge in [-0.1, -0.05) is 6.92 Å². The lowest BCUT2D eigenvalue weighted by molar-refractivity contribution is 0.136. The van der Waals surface area contributed by atoms with Crippen LogP contribution in [0, 0.1) is 6.92 Å². The number of ether oxygens (including phenoxy) is 1. The second-order valence-electron chi connectivity index (χ2n) is 1.92. The van der Waals surface area contributed by atoms with Gasteiger partial charge in [0.2, 0.25) is 0 Å². The van der Waals surface area contributed by atoms with Gasteiger partial charge in [-0.15, -0.1) is 0 Å². The van der Waals surface area contributed by atoms with Crippen molar-refractivity contribution in [3.8, 4) is 0 Å². The van der Waals surface area contributed by atoms with Crippen molar-refractivity contribution in [1.82, 2.24) is 5.32 Å². The monoisotopic (exact) mass is 130 g/mol. The maximum absolute atomic E-state index is 5.18. The zero-order valence-corrected chi connectivity index (χ0v) is 6.15. The van der Waals surface area contributed by atoms with Gasteiger partial charge in [-0.05, 0) is 26.4 Å². The van der Waals surface area contributed by atoms with E-state index in [1.54, 1.807) is 0 Å². The molecule has 0 aromatic heterocycles. The van der Waals surface area contributed by atoms with Crippen molar-refractivity contribution >= 4 is 0 Å². The highest BCUT2D eigenvalue weighted by atomic mass is 16.5. The van der Waals surface area contributed by atoms with Crippen molar-refractivity contribution in [2.75, 3.05) is 26.8 Å². The SMILES string of the molecule is [CH2]CCOCCCNC. The number of rotatable bonds is 6. The van der Waals surface area contributed by atoms with Gasteiger partial charge >= 0.3 is 0 Å². The van der Waals surface area contributed by atoms with E-state index in [-0.39, 0.29) is 0 Å². The van der Waals surface area contributed by atoms with Crippen LogP contribution in [0.5, 0.6) is 0 Å². The van der Waals surface area contributed by atoms with E-state index in [4.69, 9.17) is 4.74 Å². The summed E-state index contributed by atoms with van der Waals surface area (Å²) < 4.78 is 5.18. The molecule has 0 spiro atoms. The van der Waals surface area contributed by atoms with Crippen molar-refractivity contribution in [2.24, 2.45) is 0 Å². The van der Waals surface area contributed by atoms with Crippen molar-refractivity contribution in [2.45, 2.75) is 12.8 Å². The molecule has 0 aromatic rings. The Kier molecular flexibility index (Phi) is 7.85. The Hall–Kier alpha value is -0.0800. The maximum atomic E-state index is 5.18. The molecule has 0 aliphatic heterocycles. The first-order chi connectivity index (χ1) is 4.41. The molecular weight excluding hydrogens is 114 g/mol. The maximum Gasteiger partial charge on any atom is 0.0478 e. The Morgan fingerprint density at radius 1 is 1.44 bits per heavy atom. The fourth-order valence-corrected chi connectivity index (χ4v) is 0.555. The minimum absolute atomic E-state index is 0.795. The third kappa shape index (κ3) is 7.92. The average molecular weight is 130 g/mol. The summed E-state index contributed by atoms with van der Waals surface area (Å²) in [6.07, 6.45) is 1.97. The molecule has 0 aliphatic carbocycles. The molecule has 0 heterocycles. The Morgan fingerprint density at radius 3 is 2.78 bits per heavy atom. The van der Waals surface area contributed by atoms with Crippen LogP contribution in [-0.4, -0.2) is 26.8 Å². The Morgan fingerprint density at radius 2 is 2.22 bits per heavy atom. The van der Waals surface area contributed by atoms with E-state index in [0.717, 1.165) is 32.6 Å². The highest BCUT2D eigenvalue weighted by Gasteiger charge is 1.84. The lowest BCUT2D eigenvalue weighted by atomic mass is 10.4. The minimum atomic E-state index is 0.795. The van der Waals surface area contributed by atoms with Gasteiger partial charge in [0.25, 0.3) is 0 Å². The second-order valence-corrected chi connectivity index (χ2v) is 1.92. The fraction of sp³-hybridized carbons (Fsp3) is 0.857. The number of hydrogen-bond acceptors (Lipinski definition) is 2. The molecule has 55 valence electrons. The molecule has 0 bridgehead atoms. The summed E-state index contributed by atoms with van der Waals surface area (Å²) in [5.41, 5.74) is 0. The number of hydrogen-bond donors (Lipinski definition) is 1. The van der Waals surface area contributed by atoms with E-state index in [9.17, 15) is 0 Å². The molecule has 0 atom stereocenters. The third-order valence-electron chi connectivity index (χ3n) is 1.00. The van der Waals surface area contributed by atoms with Gasteiger partial charge in [0, 0.05) is 13.2 Å². The van der Waals surface area contributed by atoms with Gasteiger partial charge in [0.05, 0.1) is 0 Å². The molecule has 0 saturated heterocycles. The van der Waals surface area contributed by atoms with Crippen LogP contribution in [0.3, 0.4) is 0 Å². The average Bonchev–Trinajstić information content (AvgIpc) is 1.89. The fourth-order valence-electron chi connectivity index (χ4n) is 0.555. The van der Waals surface area contributed by atoms with Crippen LogP contribution in [0.15, 0.2) is 0 Å². The molecule has 0 unspecified atom stereocenters. The summed E-state index contributed by atoms with van der Waals surface area (Å²) in [4.78, 5) is 0. The Balaban J connectivity index is 2.60. The highest BCUT2D eigenvalue weighted by Crippen LogP contribution is 1.82. The summed E-state index contributed by atoms with van der Waals surface area (Å²) >= 11 is 0. The first-order valence-electron chi connectivity index (χ1n) is 3.43. The van der Waals surface area contributed by atoms with Gasteiger partial charge in [0.15, 0.2) is 0 Å². The molecule has 1 radical (unpaired) electrons. The van der Waals surface area contributed by atoms with Crippen molar-refractivity contribution < 1.29 is 4.74 Å². The van der Waals surface area contributed by atoms with Crippen LogP contribution in [0.1, 0.15) is 12.8 Å². The van der Waals surface area contributed by atoms with E-state index in [1.807, 2.05) is 7.05 Å². The molecule has 0 aliphatic rings. The molecular formula is C7H16NO. The van der Waals surface area contributed by atoms with Gasteiger partial charge in [-0.3, -0.25) is 0 Å². The van der Waals surface area contributed by atoms with E-state index < -0.39 is 0 Å². The molecule has 0 amide bonds. The summed E-state index contributed by atoms with van der Waals surface area (Å²) in [7, 11) is 1.95. The Bertz CT molecular complexity index is 42.2. The van der Waals surface area contributed by atoms with E-state index >= 15 is 0 Å². The largest absolute Gasteiger partial charge is 0.381 e. The van der Waals surface area contributed by atoms with Crippen LogP contribution in [0.25, 0.3) is 0 Å². The molecule has 9 heavy (non-hydrogen) atoms. The molecule has 1 N–H and O–H groups in total. The predicted molar refractivity (Wildman–Crippen MR) is 39.3 cm³/mol. The molecule has 2 nitrogen and oxygen atoms in total. The lowest BCUT2D eigenvalue weighted by Gasteiger charge is -2.00. The smallest absolute Gasteiger partial charge is 0.0478 e. The number of nitrogens with one attached hydrogen (secondary N) is 1. The van der Waals surface area contributed by atoms with Crippen LogP contribution in [0.2, 0.25) is 0 Å². The van der Waals surface area contributed by atoms with E-state index in [0.29, 0.717) is 0 Å². The molecule has 0 rings (SSSR count). The zero-order chi connectivity index (χ0) is 6.95. The zero-order valence-electron chi connectivity index (χ0n) is 6.15. The Labute approximate surface area is 57.6 Å². The predicted octanol–water partition coefficient (Wildman–Crippen LogP) is 0.837. The normalized spacial score (nSPS) is 10.0. The first kappa shape index (κ1) is 8.92. The van der Waals surface area contributed by atoms with Crippen LogP contribution in [0.4, 0.5) is 0 Å². The van der Waals surface area contributed by atoms with Crippen molar-refractivity contribution in [3.63, 3.8) is 0 Å². The quantitative estimate of drug-likeness (QED) is 0.538. The van der Waals surface area contributed by atoms with Gasteiger partial charge in [-0.2, -0.15) is 0 Å². The molecule has 0 fully saturated rings. The first-order valence-corrected chi connectivity index (χ1v) is 3.43. The standard InChI is InChI=1S/C7H16NO/c1-3-6-9-7-4-5-8-2/h8H,1,3-7H2,2H3. The van der Waals surface area contributed by atoms with Crippen LogP contribution >= 0.6 is 0 Å². The van der Waals surface area contributed by atoms with Crippen molar-refractivity contribution in [1.29, 1.82) is 0 Å². The molecule has 0 saturated carbocycles. The lowest BCUT2D eigenvalue weighted by Crippen LogP contribution is -2.10. The second kappa shape index (κ2) is 7.92. The third-order valence-corrected chi connectivity index (χ3v) is 1.00.